The molecule has 1 aromatic heterocycles. The maximum absolute atomic E-state index is 12.4. The molecule has 0 aromatic carbocycles. The van der Waals surface area contributed by atoms with Crippen molar-refractivity contribution in [2.45, 2.75) is 25.0 Å². The molecule has 1 atom stereocenters. The lowest BCUT2D eigenvalue weighted by Crippen LogP contribution is -2.33. The molecule has 0 saturated carbocycles. The van der Waals surface area contributed by atoms with Crippen LogP contribution in [0.1, 0.15) is 29.1 Å². The van der Waals surface area contributed by atoms with Crippen LogP contribution >= 0.6 is 11.3 Å². The van der Waals surface area contributed by atoms with E-state index in [0.29, 0.717) is 5.56 Å². The number of hydrogen-bond acceptors (Lipinski definition) is 5. The molecule has 8 heteroatoms. The van der Waals surface area contributed by atoms with Crippen molar-refractivity contribution < 1.29 is 18.3 Å². The van der Waals surface area contributed by atoms with Gasteiger partial charge in [-0.25, -0.2) is 13.2 Å². The molecule has 0 aliphatic rings. The summed E-state index contributed by atoms with van der Waals surface area (Å²) in [6, 6.07) is 3.36. The van der Waals surface area contributed by atoms with E-state index in [1.807, 2.05) is 6.07 Å². The highest BCUT2D eigenvalue weighted by Gasteiger charge is 2.28. The van der Waals surface area contributed by atoms with Crippen molar-refractivity contribution in [2.75, 3.05) is 13.1 Å². The highest BCUT2D eigenvalue weighted by atomic mass is 32.2. The van der Waals surface area contributed by atoms with E-state index in [2.05, 4.69) is 0 Å². The van der Waals surface area contributed by atoms with Crippen molar-refractivity contribution in [3.63, 3.8) is 0 Å². The summed E-state index contributed by atoms with van der Waals surface area (Å²) < 4.78 is 26.1. The molecule has 20 heavy (non-hydrogen) atoms. The third-order valence-electron chi connectivity index (χ3n) is 2.73. The molecule has 0 bridgehead atoms. The lowest BCUT2D eigenvalue weighted by Gasteiger charge is -2.20. The van der Waals surface area contributed by atoms with E-state index in [9.17, 15) is 13.2 Å². The van der Waals surface area contributed by atoms with Crippen molar-refractivity contribution in [1.82, 2.24) is 4.31 Å². The van der Waals surface area contributed by atoms with Crippen LogP contribution in [0.15, 0.2) is 10.3 Å². The summed E-state index contributed by atoms with van der Waals surface area (Å²) in [5.41, 5.74) is 0.422. The van der Waals surface area contributed by atoms with Gasteiger partial charge in [0.15, 0.2) is 0 Å². The fraction of sp³-hybridized carbons (Fsp3) is 0.500. The number of nitrogens with zero attached hydrogens (tertiary/aromatic N) is 2. The number of carbonyl (C=O) groups is 1. The zero-order chi connectivity index (χ0) is 15.5. The lowest BCUT2D eigenvalue weighted by molar-refractivity contribution is 0.0701. The molecule has 110 valence electrons. The fourth-order valence-corrected chi connectivity index (χ4v) is 4.73. The van der Waals surface area contributed by atoms with E-state index in [1.54, 1.807) is 20.8 Å². The summed E-state index contributed by atoms with van der Waals surface area (Å²) in [6.45, 7) is 5.20. The molecule has 0 saturated heterocycles. The van der Waals surface area contributed by atoms with Gasteiger partial charge in [0, 0.05) is 13.1 Å². The molecular formula is C12H16N2O4S2. The van der Waals surface area contributed by atoms with Crippen molar-refractivity contribution in [3.05, 3.63) is 16.5 Å². The van der Waals surface area contributed by atoms with Gasteiger partial charge >= 0.3 is 5.97 Å². The summed E-state index contributed by atoms with van der Waals surface area (Å²) in [4.78, 5) is 11.0. The standard InChI is InChI=1S/C12H16N2O4S2/c1-4-14(7-8(2)6-13)20(17,18)10-5-9(3)11(19-10)12(15)16/h5,8H,4,7H2,1-3H3,(H,15,16). The molecule has 1 aromatic rings. The quantitative estimate of drug-likeness (QED) is 0.864. The van der Waals surface area contributed by atoms with Crippen LogP contribution in [0, 0.1) is 24.2 Å². The van der Waals surface area contributed by atoms with Gasteiger partial charge in [-0.15, -0.1) is 11.3 Å². The second-order valence-corrected chi connectivity index (χ2v) is 7.59. The fourth-order valence-electron chi connectivity index (χ4n) is 1.66. The first-order chi connectivity index (χ1) is 9.23. The Labute approximate surface area is 122 Å². The Morgan fingerprint density at radius 2 is 2.20 bits per heavy atom. The molecule has 0 radical (unpaired) electrons. The van der Waals surface area contributed by atoms with Gasteiger partial charge in [0.05, 0.1) is 12.0 Å². The molecule has 0 aliphatic heterocycles. The van der Waals surface area contributed by atoms with E-state index >= 15 is 0 Å². The third-order valence-corrected chi connectivity index (χ3v) is 6.35. The summed E-state index contributed by atoms with van der Waals surface area (Å²) >= 11 is 0.741. The Hall–Kier alpha value is -1.43. The van der Waals surface area contributed by atoms with E-state index in [4.69, 9.17) is 10.4 Å². The first-order valence-corrected chi connectivity index (χ1v) is 8.23. The number of thiophene rings is 1. The van der Waals surface area contributed by atoms with E-state index in [1.165, 1.54) is 10.4 Å². The molecule has 6 nitrogen and oxygen atoms in total. The number of rotatable bonds is 6. The first kappa shape index (κ1) is 16.6. The van der Waals surface area contributed by atoms with Gasteiger partial charge in [-0.05, 0) is 25.5 Å². The van der Waals surface area contributed by atoms with Crippen molar-refractivity contribution in [3.8, 4) is 6.07 Å². The number of carboxylic acid groups (broad SMARTS) is 1. The minimum Gasteiger partial charge on any atom is -0.477 e. The third kappa shape index (κ3) is 3.36. The molecule has 1 rings (SSSR count). The van der Waals surface area contributed by atoms with Gasteiger partial charge in [0.25, 0.3) is 10.0 Å². The molecule has 1 heterocycles. The van der Waals surface area contributed by atoms with E-state index in [0.717, 1.165) is 11.3 Å². The van der Waals surface area contributed by atoms with Gasteiger partial charge in [-0.1, -0.05) is 6.92 Å². The Morgan fingerprint density at radius 3 is 2.60 bits per heavy atom. The molecule has 1 N–H and O–H groups in total. The maximum Gasteiger partial charge on any atom is 0.346 e. The number of aromatic carboxylic acids is 1. The number of aryl methyl sites for hydroxylation is 1. The van der Waals surface area contributed by atoms with Crippen LogP contribution in [0.3, 0.4) is 0 Å². The number of nitriles is 1. The SMILES string of the molecule is CCN(CC(C)C#N)S(=O)(=O)c1cc(C)c(C(=O)O)s1. The Morgan fingerprint density at radius 1 is 1.60 bits per heavy atom. The minimum absolute atomic E-state index is 0.000565. The average Bonchev–Trinajstić information content (AvgIpc) is 2.78. The lowest BCUT2D eigenvalue weighted by atomic mass is 10.2. The van der Waals surface area contributed by atoms with Crippen LogP contribution < -0.4 is 0 Å². The predicted octanol–water partition coefficient (Wildman–Crippen LogP) is 1.93. The predicted molar refractivity (Wildman–Crippen MR) is 75.2 cm³/mol. The minimum atomic E-state index is -3.75. The molecule has 0 amide bonds. The topological polar surface area (TPSA) is 98.5 Å². The molecule has 1 unspecified atom stereocenters. The molecular weight excluding hydrogens is 300 g/mol. The van der Waals surface area contributed by atoms with Crippen molar-refractivity contribution in [2.24, 2.45) is 5.92 Å². The second kappa shape index (κ2) is 6.35. The van der Waals surface area contributed by atoms with Crippen molar-refractivity contribution in [1.29, 1.82) is 5.26 Å². The monoisotopic (exact) mass is 316 g/mol. The largest absolute Gasteiger partial charge is 0.477 e. The van der Waals surface area contributed by atoms with Crippen molar-refractivity contribution >= 4 is 27.3 Å². The zero-order valence-electron chi connectivity index (χ0n) is 11.5. The smallest absolute Gasteiger partial charge is 0.346 e. The average molecular weight is 316 g/mol. The van der Waals surface area contributed by atoms with E-state index < -0.39 is 21.9 Å². The van der Waals surface area contributed by atoms with Gasteiger partial charge < -0.3 is 5.11 Å². The summed E-state index contributed by atoms with van der Waals surface area (Å²) in [5, 5.41) is 17.8. The second-order valence-electron chi connectivity index (χ2n) is 4.37. The van der Waals surface area contributed by atoms with E-state index in [-0.39, 0.29) is 22.2 Å². The highest BCUT2D eigenvalue weighted by molar-refractivity contribution is 7.91. The van der Waals surface area contributed by atoms with Gasteiger partial charge in [0.1, 0.15) is 9.09 Å². The van der Waals surface area contributed by atoms with Gasteiger partial charge in [-0.3, -0.25) is 0 Å². The molecule has 0 fully saturated rings. The van der Waals surface area contributed by atoms with Crippen LogP contribution in [0.2, 0.25) is 0 Å². The Bertz CT molecular complexity index is 643. The maximum atomic E-state index is 12.4. The Kier molecular flexibility index (Phi) is 5.28. The summed E-state index contributed by atoms with van der Waals surface area (Å²) in [5.74, 6) is -1.56. The van der Waals surface area contributed by atoms with Gasteiger partial charge in [-0.2, -0.15) is 9.57 Å². The van der Waals surface area contributed by atoms with Crippen LogP contribution in [-0.2, 0) is 10.0 Å². The van der Waals surface area contributed by atoms with Crippen LogP contribution in [0.4, 0.5) is 0 Å². The zero-order valence-corrected chi connectivity index (χ0v) is 13.1. The number of hydrogen-bond donors (Lipinski definition) is 1. The summed E-state index contributed by atoms with van der Waals surface area (Å²) in [7, 11) is -3.75. The van der Waals surface area contributed by atoms with Crippen LogP contribution in [0.25, 0.3) is 0 Å². The van der Waals surface area contributed by atoms with Gasteiger partial charge in [0.2, 0.25) is 0 Å². The molecule has 0 aliphatic carbocycles. The highest BCUT2D eigenvalue weighted by Crippen LogP contribution is 2.28. The van der Waals surface area contributed by atoms with Crippen LogP contribution in [-0.4, -0.2) is 36.9 Å². The number of sulfonamides is 1. The summed E-state index contributed by atoms with van der Waals surface area (Å²) in [6.07, 6.45) is 0. The van der Waals surface area contributed by atoms with Crippen LogP contribution in [0.5, 0.6) is 0 Å². The Balaban J connectivity index is 3.18. The first-order valence-electron chi connectivity index (χ1n) is 5.97. The number of carboxylic acids is 1. The normalized spacial score (nSPS) is 13.2. The molecule has 0 spiro atoms.